The smallest absolute Gasteiger partial charge is 0.0587 e. The number of fused-ring (bicyclic) bond motifs is 1. The Bertz CT molecular complexity index is 220. The zero-order valence-corrected chi connectivity index (χ0v) is 10.7. The van der Waals surface area contributed by atoms with E-state index in [0.29, 0.717) is 12.0 Å². The molecule has 2 fully saturated rings. The Hall–Kier alpha value is -0.120. The SMILES string of the molecule is CC(C)C(CO)NC1CCN2CCCC2C1. The van der Waals surface area contributed by atoms with E-state index in [4.69, 9.17) is 0 Å². The average molecular weight is 226 g/mol. The van der Waals surface area contributed by atoms with Crippen LogP contribution in [0.1, 0.15) is 39.5 Å². The van der Waals surface area contributed by atoms with E-state index < -0.39 is 0 Å². The van der Waals surface area contributed by atoms with Gasteiger partial charge in [-0.1, -0.05) is 13.8 Å². The van der Waals surface area contributed by atoms with Gasteiger partial charge in [0, 0.05) is 18.1 Å². The molecular weight excluding hydrogens is 200 g/mol. The first kappa shape index (κ1) is 12.3. The van der Waals surface area contributed by atoms with E-state index in [0.717, 1.165) is 6.04 Å². The summed E-state index contributed by atoms with van der Waals surface area (Å²) in [6.45, 7) is 7.18. The molecule has 3 heteroatoms. The summed E-state index contributed by atoms with van der Waals surface area (Å²) in [5, 5.41) is 13.0. The van der Waals surface area contributed by atoms with Crippen molar-refractivity contribution in [3.63, 3.8) is 0 Å². The molecule has 0 bridgehead atoms. The number of hydrogen-bond donors (Lipinski definition) is 2. The first-order valence-corrected chi connectivity index (χ1v) is 6.81. The molecule has 2 N–H and O–H groups in total. The Morgan fingerprint density at radius 3 is 2.81 bits per heavy atom. The molecule has 3 nitrogen and oxygen atoms in total. The topological polar surface area (TPSA) is 35.5 Å². The zero-order valence-electron chi connectivity index (χ0n) is 10.7. The van der Waals surface area contributed by atoms with E-state index in [1.54, 1.807) is 0 Å². The lowest BCUT2D eigenvalue weighted by Gasteiger charge is -2.37. The maximum absolute atomic E-state index is 9.34. The van der Waals surface area contributed by atoms with E-state index in [1.807, 2.05) is 0 Å². The molecule has 0 aromatic heterocycles. The van der Waals surface area contributed by atoms with Crippen LogP contribution in [0.3, 0.4) is 0 Å². The minimum absolute atomic E-state index is 0.266. The molecule has 0 spiro atoms. The van der Waals surface area contributed by atoms with Gasteiger partial charge in [0.1, 0.15) is 0 Å². The Labute approximate surface area is 99.2 Å². The van der Waals surface area contributed by atoms with Gasteiger partial charge in [0.25, 0.3) is 0 Å². The Morgan fingerprint density at radius 1 is 1.31 bits per heavy atom. The summed E-state index contributed by atoms with van der Waals surface area (Å²) in [6, 6.07) is 1.72. The van der Waals surface area contributed by atoms with Gasteiger partial charge in [-0.25, -0.2) is 0 Å². The molecule has 2 heterocycles. The number of nitrogens with zero attached hydrogens (tertiary/aromatic N) is 1. The molecule has 16 heavy (non-hydrogen) atoms. The van der Waals surface area contributed by atoms with Crippen molar-refractivity contribution in [1.29, 1.82) is 0 Å². The molecule has 2 aliphatic heterocycles. The van der Waals surface area contributed by atoms with Crippen LogP contribution in [0.25, 0.3) is 0 Å². The Morgan fingerprint density at radius 2 is 2.12 bits per heavy atom. The van der Waals surface area contributed by atoms with Gasteiger partial charge in [0.2, 0.25) is 0 Å². The third kappa shape index (κ3) is 2.76. The fourth-order valence-electron chi connectivity index (χ4n) is 3.13. The van der Waals surface area contributed by atoms with E-state index in [9.17, 15) is 5.11 Å². The fraction of sp³-hybridized carbons (Fsp3) is 1.00. The predicted molar refractivity (Wildman–Crippen MR) is 66.5 cm³/mol. The van der Waals surface area contributed by atoms with Crippen molar-refractivity contribution in [2.24, 2.45) is 5.92 Å². The van der Waals surface area contributed by atoms with Crippen LogP contribution in [0.2, 0.25) is 0 Å². The lowest BCUT2D eigenvalue weighted by Crippen LogP contribution is -2.50. The molecule has 94 valence electrons. The maximum atomic E-state index is 9.34. The summed E-state index contributed by atoms with van der Waals surface area (Å²) >= 11 is 0. The highest BCUT2D eigenvalue weighted by molar-refractivity contribution is 4.90. The number of aliphatic hydroxyl groups is 1. The number of hydrogen-bond acceptors (Lipinski definition) is 3. The van der Waals surface area contributed by atoms with Gasteiger partial charge in [-0.2, -0.15) is 0 Å². The van der Waals surface area contributed by atoms with Crippen molar-refractivity contribution < 1.29 is 5.11 Å². The predicted octanol–water partition coefficient (Wildman–Crippen LogP) is 1.22. The standard InChI is InChI=1S/C13H26N2O/c1-10(2)13(9-16)14-11-5-7-15-6-3-4-12(15)8-11/h10-14,16H,3-9H2,1-2H3. The largest absolute Gasteiger partial charge is 0.395 e. The van der Waals surface area contributed by atoms with Crippen LogP contribution >= 0.6 is 0 Å². The Kier molecular flexibility index (Phi) is 4.22. The van der Waals surface area contributed by atoms with Crippen LogP contribution in [0.5, 0.6) is 0 Å². The second kappa shape index (κ2) is 5.48. The van der Waals surface area contributed by atoms with Crippen molar-refractivity contribution in [1.82, 2.24) is 10.2 Å². The van der Waals surface area contributed by atoms with Gasteiger partial charge in [0.05, 0.1) is 6.61 Å². The summed E-state index contributed by atoms with van der Waals surface area (Å²) in [5.41, 5.74) is 0. The summed E-state index contributed by atoms with van der Waals surface area (Å²) in [4.78, 5) is 2.64. The molecule has 2 aliphatic rings. The summed E-state index contributed by atoms with van der Waals surface area (Å²) in [5.74, 6) is 0.520. The van der Waals surface area contributed by atoms with Crippen molar-refractivity contribution in [2.45, 2.75) is 57.7 Å². The third-order valence-electron chi connectivity index (χ3n) is 4.27. The molecule has 0 aromatic rings. The lowest BCUT2D eigenvalue weighted by molar-refractivity contribution is 0.137. The van der Waals surface area contributed by atoms with Gasteiger partial charge in [-0.05, 0) is 44.7 Å². The molecule has 0 aliphatic carbocycles. The second-order valence-corrected chi connectivity index (χ2v) is 5.75. The zero-order chi connectivity index (χ0) is 11.5. The van der Waals surface area contributed by atoms with Crippen LogP contribution in [-0.2, 0) is 0 Å². The quantitative estimate of drug-likeness (QED) is 0.756. The van der Waals surface area contributed by atoms with Crippen molar-refractivity contribution >= 4 is 0 Å². The summed E-state index contributed by atoms with van der Waals surface area (Å²) in [6.07, 6.45) is 5.29. The van der Waals surface area contributed by atoms with Crippen LogP contribution < -0.4 is 5.32 Å². The molecule has 0 radical (unpaired) electrons. The summed E-state index contributed by atoms with van der Waals surface area (Å²) in [7, 11) is 0. The number of piperidine rings is 1. The molecule has 3 unspecified atom stereocenters. The van der Waals surface area contributed by atoms with Crippen LogP contribution in [0, 0.1) is 5.92 Å². The van der Waals surface area contributed by atoms with Crippen LogP contribution in [-0.4, -0.2) is 47.8 Å². The molecule has 2 rings (SSSR count). The van der Waals surface area contributed by atoms with E-state index >= 15 is 0 Å². The lowest BCUT2D eigenvalue weighted by atomic mass is 9.95. The maximum Gasteiger partial charge on any atom is 0.0587 e. The van der Waals surface area contributed by atoms with E-state index in [-0.39, 0.29) is 12.6 Å². The second-order valence-electron chi connectivity index (χ2n) is 5.75. The van der Waals surface area contributed by atoms with Crippen LogP contribution in [0.4, 0.5) is 0 Å². The number of aliphatic hydroxyl groups excluding tert-OH is 1. The first-order chi connectivity index (χ1) is 7.70. The van der Waals surface area contributed by atoms with Crippen molar-refractivity contribution in [3.05, 3.63) is 0 Å². The minimum atomic E-state index is 0.266. The molecule has 0 amide bonds. The van der Waals surface area contributed by atoms with Crippen LogP contribution in [0.15, 0.2) is 0 Å². The van der Waals surface area contributed by atoms with Crippen molar-refractivity contribution in [3.8, 4) is 0 Å². The summed E-state index contributed by atoms with van der Waals surface area (Å²) < 4.78 is 0. The van der Waals surface area contributed by atoms with Gasteiger partial charge >= 0.3 is 0 Å². The normalized spacial score (nSPS) is 33.0. The highest BCUT2D eigenvalue weighted by Gasteiger charge is 2.32. The molecule has 0 saturated carbocycles. The first-order valence-electron chi connectivity index (χ1n) is 6.81. The highest BCUT2D eigenvalue weighted by Crippen LogP contribution is 2.27. The van der Waals surface area contributed by atoms with Gasteiger partial charge in [-0.3, -0.25) is 0 Å². The van der Waals surface area contributed by atoms with Crippen molar-refractivity contribution in [2.75, 3.05) is 19.7 Å². The van der Waals surface area contributed by atoms with Gasteiger partial charge < -0.3 is 15.3 Å². The monoisotopic (exact) mass is 226 g/mol. The molecule has 2 saturated heterocycles. The minimum Gasteiger partial charge on any atom is -0.395 e. The van der Waals surface area contributed by atoms with Gasteiger partial charge in [0.15, 0.2) is 0 Å². The number of rotatable bonds is 4. The van der Waals surface area contributed by atoms with Gasteiger partial charge in [-0.15, -0.1) is 0 Å². The third-order valence-corrected chi connectivity index (χ3v) is 4.27. The molecule has 3 atom stereocenters. The van der Waals surface area contributed by atoms with E-state index in [1.165, 1.54) is 38.8 Å². The highest BCUT2D eigenvalue weighted by atomic mass is 16.3. The number of nitrogens with one attached hydrogen (secondary N) is 1. The average Bonchev–Trinajstić information content (AvgIpc) is 2.72. The molecule has 0 aromatic carbocycles. The Balaban J connectivity index is 1.82. The van der Waals surface area contributed by atoms with E-state index in [2.05, 4.69) is 24.1 Å². The fourth-order valence-corrected chi connectivity index (χ4v) is 3.13. The molecular formula is C13H26N2O.